The van der Waals surface area contributed by atoms with Crippen LogP contribution in [0.2, 0.25) is 0 Å². The first-order valence-electron chi connectivity index (χ1n) is 10.7. The topological polar surface area (TPSA) is 58.6 Å². The molecule has 0 aromatic heterocycles. The van der Waals surface area contributed by atoms with E-state index in [2.05, 4.69) is 43.4 Å². The molecule has 1 atom stereocenters. The molecule has 1 aromatic carbocycles. The molecule has 6 heteroatoms. The summed E-state index contributed by atoms with van der Waals surface area (Å²) in [5, 5.41) is 2.93. The zero-order valence-electron chi connectivity index (χ0n) is 17.6. The fourth-order valence-electron chi connectivity index (χ4n) is 4.61. The maximum absolute atomic E-state index is 12.9. The predicted octanol–water partition coefficient (Wildman–Crippen LogP) is 3.35. The zero-order valence-corrected chi connectivity index (χ0v) is 18.3. The molecule has 0 saturated carbocycles. The number of carbonyl (C=O) groups excluding carboxylic acids is 2. The van der Waals surface area contributed by atoms with Gasteiger partial charge in [0, 0.05) is 45.2 Å². The van der Waals surface area contributed by atoms with Crippen LogP contribution in [0.15, 0.2) is 24.3 Å². The zero-order chi connectivity index (χ0) is 20.9. The predicted molar refractivity (Wildman–Crippen MR) is 115 cm³/mol. The monoisotopic (exact) mass is 420 g/mol. The van der Waals surface area contributed by atoms with Gasteiger partial charge in [0.25, 0.3) is 0 Å². The molecule has 1 unspecified atom stereocenters. The van der Waals surface area contributed by atoms with Crippen LogP contribution in [0.4, 0.5) is 0 Å². The summed E-state index contributed by atoms with van der Waals surface area (Å²) in [6, 6.07) is 8.59. The average Bonchev–Trinajstić information content (AvgIpc) is 3.08. The van der Waals surface area contributed by atoms with Crippen molar-refractivity contribution in [1.29, 1.82) is 0 Å². The van der Waals surface area contributed by atoms with Crippen molar-refractivity contribution >= 4 is 23.4 Å². The van der Waals surface area contributed by atoms with Gasteiger partial charge in [-0.1, -0.05) is 38.1 Å². The number of amides is 2. The van der Waals surface area contributed by atoms with E-state index in [9.17, 15) is 9.59 Å². The highest BCUT2D eigenvalue weighted by atomic mass is 35.5. The number of carbonyl (C=O) groups is 2. The van der Waals surface area contributed by atoms with Crippen LogP contribution >= 0.6 is 11.6 Å². The van der Waals surface area contributed by atoms with Crippen LogP contribution in [0.25, 0.3) is 0 Å². The van der Waals surface area contributed by atoms with Gasteiger partial charge in [-0.25, -0.2) is 0 Å². The number of nitrogens with zero attached hydrogens (tertiary/aromatic N) is 1. The normalized spacial score (nSPS) is 21.0. The fourth-order valence-corrected chi connectivity index (χ4v) is 4.71. The van der Waals surface area contributed by atoms with Crippen molar-refractivity contribution in [2.75, 3.05) is 38.7 Å². The summed E-state index contributed by atoms with van der Waals surface area (Å²) < 4.78 is 5.57. The van der Waals surface area contributed by atoms with Crippen LogP contribution in [-0.2, 0) is 20.7 Å². The molecule has 1 N–H and O–H groups in total. The Morgan fingerprint density at radius 2 is 1.93 bits per heavy atom. The van der Waals surface area contributed by atoms with Gasteiger partial charge in [0.2, 0.25) is 11.8 Å². The summed E-state index contributed by atoms with van der Waals surface area (Å²) in [5.74, 6) is 0.801. The number of halogens is 1. The summed E-state index contributed by atoms with van der Waals surface area (Å²) in [4.78, 5) is 26.6. The van der Waals surface area contributed by atoms with Crippen molar-refractivity contribution in [3.8, 4) is 0 Å². The van der Waals surface area contributed by atoms with E-state index < -0.39 is 0 Å². The van der Waals surface area contributed by atoms with Crippen LogP contribution in [0, 0.1) is 11.3 Å². The molecule has 2 aliphatic heterocycles. The highest BCUT2D eigenvalue weighted by Gasteiger charge is 2.48. The first-order valence-corrected chi connectivity index (χ1v) is 11.2. The Hall–Kier alpha value is -1.59. The minimum atomic E-state index is -0.150. The van der Waals surface area contributed by atoms with Crippen molar-refractivity contribution < 1.29 is 14.3 Å². The second-order valence-electron chi connectivity index (χ2n) is 8.78. The summed E-state index contributed by atoms with van der Waals surface area (Å²) in [6.45, 7) is 7.87. The van der Waals surface area contributed by atoms with E-state index >= 15 is 0 Å². The number of benzene rings is 1. The van der Waals surface area contributed by atoms with Gasteiger partial charge in [-0.2, -0.15) is 0 Å². The lowest BCUT2D eigenvalue weighted by atomic mass is 9.72. The number of aryl methyl sites for hydroxylation is 1. The standard InChI is InChI=1S/C23H33ClN2O3/c1-17(2)19-6-3-18(4-7-19)5-8-22(28)26-15-20(14-25-21(27)13-24)23(16-26)9-11-29-12-10-23/h3-4,6-7,17,20H,5,8-16H2,1-2H3,(H,25,27). The fraction of sp³-hybridized carbons (Fsp3) is 0.652. The molecule has 2 saturated heterocycles. The number of hydrogen-bond acceptors (Lipinski definition) is 3. The van der Waals surface area contributed by atoms with E-state index in [0.717, 1.165) is 39.0 Å². The molecule has 3 rings (SSSR count). The average molecular weight is 421 g/mol. The Morgan fingerprint density at radius 1 is 1.24 bits per heavy atom. The van der Waals surface area contributed by atoms with Gasteiger partial charge < -0.3 is 15.0 Å². The minimum Gasteiger partial charge on any atom is -0.381 e. The molecule has 0 radical (unpaired) electrons. The van der Waals surface area contributed by atoms with Gasteiger partial charge in [-0.3, -0.25) is 9.59 Å². The van der Waals surface area contributed by atoms with E-state index in [0.29, 0.717) is 25.4 Å². The molecule has 29 heavy (non-hydrogen) atoms. The van der Waals surface area contributed by atoms with Crippen molar-refractivity contribution in [3.05, 3.63) is 35.4 Å². The molecule has 2 heterocycles. The molecular formula is C23H33ClN2O3. The number of ether oxygens (including phenoxy) is 1. The van der Waals surface area contributed by atoms with Crippen molar-refractivity contribution in [1.82, 2.24) is 10.2 Å². The van der Waals surface area contributed by atoms with Crippen molar-refractivity contribution in [2.45, 2.75) is 45.4 Å². The van der Waals surface area contributed by atoms with Gasteiger partial charge in [-0.15, -0.1) is 11.6 Å². The van der Waals surface area contributed by atoms with Crippen LogP contribution in [-0.4, -0.2) is 55.4 Å². The van der Waals surface area contributed by atoms with E-state index in [-0.39, 0.29) is 29.0 Å². The second kappa shape index (κ2) is 9.94. The lowest BCUT2D eigenvalue weighted by Crippen LogP contribution is -2.42. The number of likely N-dealkylation sites (tertiary alicyclic amines) is 1. The van der Waals surface area contributed by atoms with Crippen LogP contribution < -0.4 is 5.32 Å². The lowest BCUT2D eigenvalue weighted by Gasteiger charge is -2.38. The number of hydrogen-bond donors (Lipinski definition) is 1. The third-order valence-corrected chi connectivity index (χ3v) is 6.84. The molecular weight excluding hydrogens is 388 g/mol. The molecule has 2 fully saturated rings. The van der Waals surface area contributed by atoms with E-state index in [1.807, 2.05) is 4.90 Å². The van der Waals surface area contributed by atoms with Gasteiger partial charge >= 0.3 is 0 Å². The Morgan fingerprint density at radius 3 is 2.55 bits per heavy atom. The van der Waals surface area contributed by atoms with Crippen molar-refractivity contribution in [2.24, 2.45) is 11.3 Å². The summed E-state index contributed by atoms with van der Waals surface area (Å²) in [5.41, 5.74) is 2.57. The molecule has 160 valence electrons. The molecule has 0 aliphatic carbocycles. The molecule has 1 aromatic rings. The lowest BCUT2D eigenvalue weighted by molar-refractivity contribution is -0.130. The molecule has 0 bridgehead atoms. The number of alkyl halides is 1. The van der Waals surface area contributed by atoms with Crippen LogP contribution in [0.3, 0.4) is 0 Å². The van der Waals surface area contributed by atoms with E-state index in [1.165, 1.54) is 11.1 Å². The van der Waals surface area contributed by atoms with Gasteiger partial charge in [0.15, 0.2) is 0 Å². The van der Waals surface area contributed by atoms with Gasteiger partial charge in [-0.05, 0) is 41.7 Å². The third-order valence-electron chi connectivity index (χ3n) is 6.59. The first kappa shape index (κ1) is 22.1. The number of rotatable bonds is 7. The Kier molecular flexibility index (Phi) is 7.58. The first-order chi connectivity index (χ1) is 13.9. The largest absolute Gasteiger partial charge is 0.381 e. The van der Waals surface area contributed by atoms with Crippen LogP contribution in [0.1, 0.15) is 50.2 Å². The van der Waals surface area contributed by atoms with Gasteiger partial charge in [0.1, 0.15) is 5.88 Å². The second-order valence-corrected chi connectivity index (χ2v) is 9.05. The Bertz CT molecular complexity index is 699. The molecule has 5 nitrogen and oxygen atoms in total. The molecule has 1 spiro atoms. The highest BCUT2D eigenvalue weighted by Crippen LogP contribution is 2.44. The van der Waals surface area contributed by atoms with Gasteiger partial charge in [0.05, 0.1) is 0 Å². The minimum absolute atomic E-state index is 0.0267. The maximum Gasteiger partial charge on any atom is 0.234 e. The highest BCUT2D eigenvalue weighted by molar-refractivity contribution is 6.27. The smallest absolute Gasteiger partial charge is 0.234 e. The maximum atomic E-state index is 12.9. The summed E-state index contributed by atoms with van der Waals surface area (Å²) >= 11 is 5.62. The Balaban J connectivity index is 1.59. The summed E-state index contributed by atoms with van der Waals surface area (Å²) in [7, 11) is 0. The summed E-state index contributed by atoms with van der Waals surface area (Å²) in [6.07, 6.45) is 3.16. The van der Waals surface area contributed by atoms with Crippen molar-refractivity contribution in [3.63, 3.8) is 0 Å². The van der Waals surface area contributed by atoms with Crippen LogP contribution in [0.5, 0.6) is 0 Å². The third kappa shape index (κ3) is 5.52. The molecule has 2 aliphatic rings. The quantitative estimate of drug-likeness (QED) is 0.688. The van der Waals surface area contributed by atoms with E-state index in [1.54, 1.807) is 0 Å². The number of nitrogens with one attached hydrogen (secondary N) is 1. The molecule has 2 amide bonds. The SMILES string of the molecule is CC(C)c1ccc(CCC(=O)N2CC(CNC(=O)CCl)C3(CCOCC3)C2)cc1. The Labute approximate surface area is 179 Å². The van der Waals surface area contributed by atoms with E-state index in [4.69, 9.17) is 16.3 Å².